The van der Waals surface area contributed by atoms with Gasteiger partial charge in [0.2, 0.25) is 5.91 Å². The molecular weight excluding hydrogens is 260 g/mol. The lowest BCUT2D eigenvalue weighted by molar-refractivity contribution is -0.125. The second kappa shape index (κ2) is 10.5. The van der Waals surface area contributed by atoms with E-state index in [9.17, 15) is 4.79 Å². The van der Waals surface area contributed by atoms with Crippen molar-refractivity contribution in [1.82, 2.24) is 10.6 Å². The van der Waals surface area contributed by atoms with E-state index in [0.717, 1.165) is 25.4 Å². The van der Waals surface area contributed by atoms with Crippen LogP contribution >= 0.6 is 12.4 Å². The third-order valence-electron chi connectivity index (χ3n) is 3.99. The quantitative estimate of drug-likeness (QED) is 0.756. The molecular formula is C15H31ClN2O. The Kier molecular flexibility index (Phi) is 10.3. The predicted octanol–water partition coefficient (Wildman–Crippen LogP) is 3.13. The maximum atomic E-state index is 12.0. The van der Waals surface area contributed by atoms with E-state index in [0.29, 0.717) is 6.04 Å². The van der Waals surface area contributed by atoms with E-state index in [1.54, 1.807) is 0 Å². The number of rotatable bonds is 7. The van der Waals surface area contributed by atoms with Crippen molar-refractivity contribution in [2.75, 3.05) is 13.1 Å². The van der Waals surface area contributed by atoms with E-state index in [4.69, 9.17) is 0 Å². The zero-order chi connectivity index (χ0) is 13.4. The smallest absolute Gasteiger partial charge is 0.222 e. The standard InChI is InChI=1S/C15H30N2O.ClH/c1-4-16-13(3)11-17-15(18)12(2)10-14-8-6-5-7-9-14;/h12-14,16H,4-11H2,1-3H3,(H,17,18);1H/t12?,13-;/m1./s1. The summed E-state index contributed by atoms with van der Waals surface area (Å²) in [6, 6.07) is 0.362. The van der Waals surface area contributed by atoms with Crippen LogP contribution in [0.15, 0.2) is 0 Å². The van der Waals surface area contributed by atoms with Crippen molar-refractivity contribution in [2.24, 2.45) is 11.8 Å². The van der Waals surface area contributed by atoms with Crippen LogP contribution in [0.25, 0.3) is 0 Å². The molecule has 0 bridgehead atoms. The highest BCUT2D eigenvalue weighted by molar-refractivity contribution is 5.85. The van der Waals surface area contributed by atoms with Gasteiger partial charge in [0.25, 0.3) is 0 Å². The fourth-order valence-corrected chi connectivity index (χ4v) is 2.88. The van der Waals surface area contributed by atoms with Crippen LogP contribution in [0.1, 0.15) is 59.3 Å². The van der Waals surface area contributed by atoms with Gasteiger partial charge in [-0.25, -0.2) is 0 Å². The van der Waals surface area contributed by atoms with Crippen LogP contribution in [-0.4, -0.2) is 25.0 Å². The maximum absolute atomic E-state index is 12.0. The van der Waals surface area contributed by atoms with Gasteiger partial charge in [0.1, 0.15) is 0 Å². The van der Waals surface area contributed by atoms with Crippen molar-refractivity contribution in [3.63, 3.8) is 0 Å². The molecule has 2 atom stereocenters. The molecule has 1 amide bonds. The minimum atomic E-state index is 0. The van der Waals surface area contributed by atoms with Crippen molar-refractivity contribution in [1.29, 1.82) is 0 Å². The Hall–Kier alpha value is -0.280. The SMILES string of the molecule is CCN[C@H](C)CNC(=O)C(C)CC1CCCCC1.Cl. The first-order valence-corrected chi connectivity index (χ1v) is 7.64. The van der Waals surface area contributed by atoms with E-state index in [2.05, 4.69) is 31.4 Å². The summed E-state index contributed by atoms with van der Waals surface area (Å²) in [5.74, 6) is 1.18. The number of hydrogen-bond donors (Lipinski definition) is 2. The van der Waals surface area contributed by atoms with Gasteiger partial charge in [0.15, 0.2) is 0 Å². The fourth-order valence-electron chi connectivity index (χ4n) is 2.88. The predicted molar refractivity (Wildman–Crippen MR) is 83.8 cm³/mol. The Balaban J connectivity index is 0.00000324. The monoisotopic (exact) mass is 290 g/mol. The lowest BCUT2D eigenvalue weighted by Gasteiger charge is -2.24. The Bertz CT molecular complexity index is 242. The zero-order valence-electron chi connectivity index (χ0n) is 12.7. The molecule has 0 aromatic carbocycles. The molecule has 1 aliphatic rings. The number of halogens is 1. The highest BCUT2D eigenvalue weighted by atomic mass is 35.5. The molecule has 0 aromatic rings. The summed E-state index contributed by atoms with van der Waals surface area (Å²) >= 11 is 0. The van der Waals surface area contributed by atoms with Crippen LogP contribution in [0.4, 0.5) is 0 Å². The van der Waals surface area contributed by atoms with Crippen LogP contribution in [0.3, 0.4) is 0 Å². The zero-order valence-corrected chi connectivity index (χ0v) is 13.5. The summed E-state index contributed by atoms with van der Waals surface area (Å²) in [4.78, 5) is 12.0. The summed E-state index contributed by atoms with van der Waals surface area (Å²) in [6.07, 6.45) is 7.82. The number of hydrogen-bond acceptors (Lipinski definition) is 2. The van der Waals surface area contributed by atoms with Crippen molar-refractivity contribution < 1.29 is 4.79 Å². The van der Waals surface area contributed by atoms with Gasteiger partial charge in [-0.15, -0.1) is 12.4 Å². The Morgan fingerprint density at radius 1 is 1.21 bits per heavy atom. The van der Waals surface area contributed by atoms with Gasteiger partial charge in [-0.1, -0.05) is 46.0 Å². The largest absolute Gasteiger partial charge is 0.354 e. The van der Waals surface area contributed by atoms with Crippen LogP contribution in [-0.2, 0) is 4.79 Å². The summed E-state index contributed by atoms with van der Waals surface area (Å²) in [5.41, 5.74) is 0. The molecule has 1 aliphatic carbocycles. The van der Waals surface area contributed by atoms with E-state index in [-0.39, 0.29) is 24.2 Å². The summed E-state index contributed by atoms with van der Waals surface area (Å²) in [7, 11) is 0. The number of carbonyl (C=O) groups is 1. The van der Waals surface area contributed by atoms with Crippen molar-refractivity contribution >= 4 is 18.3 Å². The number of carbonyl (C=O) groups excluding carboxylic acids is 1. The second-order valence-electron chi connectivity index (χ2n) is 5.84. The Morgan fingerprint density at radius 2 is 1.84 bits per heavy atom. The molecule has 114 valence electrons. The fraction of sp³-hybridized carbons (Fsp3) is 0.933. The Morgan fingerprint density at radius 3 is 2.42 bits per heavy atom. The normalized spacial score (nSPS) is 19.3. The summed E-state index contributed by atoms with van der Waals surface area (Å²) in [5, 5.41) is 6.36. The topological polar surface area (TPSA) is 41.1 Å². The molecule has 1 saturated carbocycles. The molecule has 1 fully saturated rings. The van der Waals surface area contributed by atoms with Crippen LogP contribution in [0.2, 0.25) is 0 Å². The first-order chi connectivity index (χ1) is 8.63. The second-order valence-corrected chi connectivity index (χ2v) is 5.84. The van der Waals surface area contributed by atoms with Gasteiger partial charge in [-0.05, 0) is 25.8 Å². The molecule has 4 heteroatoms. The maximum Gasteiger partial charge on any atom is 0.222 e. The lowest BCUT2D eigenvalue weighted by atomic mass is 9.83. The van der Waals surface area contributed by atoms with E-state index in [1.165, 1.54) is 32.1 Å². The van der Waals surface area contributed by atoms with Gasteiger partial charge in [-0.3, -0.25) is 4.79 Å². The Labute approximate surface area is 124 Å². The van der Waals surface area contributed by atoms with Gasteiger partial charge in [-0.2, -0.15) is 0 Å². The first kappa shape index (κ1) is 18.7. The molecule has 1 unspecified atom stereocenters. The third-order valence-corrected chi connectivity index (χ3v) is 3.99. The van der Waals surface area contributed by atoms with E-state index < -0.39 is 0 Å². The minimum absolute atomic E-state index is 0. The molecule has 0 spiro atoms. The van der Waals surface area contributed by atoms with Crippen LogP contribution in [0, 0.1) is 11.8 Å². The molecule has 0 heterocycles. The molecule has 0 saturated heterocycles. The summed E-state index contributed by atoms with van der Waals surface area (Å²) in [6.45, 7) is 7.96. The van der Waals surface area contributed by atoms with Gasteiger partial charge >= 0.3 is 0 Å². The van der Waals surface area contributed by atoms with Gasteiger partial charge in [0, 0.05) is 18.5 Å². The molecule has 0 radical (unpaired) electrons. The minimum Gasteiger partial charge on any atom is -0.354 e. The van der Waals surface area contributed by atoms with Crippen molar-refractivity contribution in [3.8, 4) is 0 Å². The van der Waals surface area contributed by atoms with Crippen LogP contribution < -0.4 is 10.6 Å². The summed E-state index contributed by atoms with van der Waals surface area (Å²) < 4.78 is 0. The van der Waals surface area contributed by atoms with Crippen LogP contribution in [0.5, 0.6) is 0 Å². The molecule has 3 nitrogen and oxygen atoms in total. The highest BCUT2D eigenvalue weighted by Gasteiger charge is 2.20. The molecule has 0 aromatic heterocycles. The molecule has 1 rings (SSSR count). The average molecular weight is 291 g/mol. The number of amides is 1. The third kappa shape index (κ3) is 7.78. The highest BCUT2D eigenvalue weighted by Crippen LogP contribution is 2.28. The first-order valence-electron chi connectivity index (χ1n) is 7.64. The van der Waals surface area contributed by atoms with E-state index in [1.807, 2.05) is 0 Å². The lowest BCUT2D eigenvalue weighted by Crippen LogP contribution is -2.41. The van der Waals surface area contributed by atoms with E-state index >= 15 is 0 Å². The van der Waals surface area contributed by atoms with Gasteiger partial charge < -0.3 is 10.6 Å². The number of likely N-dealkylation sites (N-methyl/N-ethyl adjacent to an activating group) is 1. The average Bonchev–Trinajstić information content (AvgIpc) is 2.37. The molecule has 19 heavy (non-hydrogen) atoms. The number of nitrogens with one attached hydrogen (secondary N) is 2. The molecule has 0 aliphatic heterocycles. The molecule has 2 N–H and O–H groups in total. The van der Waals surface area contributed by atoms with Crippen molar-refractivity contribution in [2.45, 2.75) is 65.3 Å². The van der Waals surface area contributed by atoms with Crippen molar-refractivity contribution in [3.05, 3.63) is 0 Å². The van der Waals surface area contributed by atoms with Gasteiger partial charge in [0.05, 0.1) is 0 Å².